The van der Waals surface area contributed by atoms with Crippen molar-refractivity contribution in [2.24, 2.45) is 0 Å². The van der Waals surface area contributed by atoms with Crippen molar-refractivity contribution in [2.75, 3.05) is 0 Å². The SMILES string of the molecule is C1=CC2Oc3c(-c4ccccc4)ccc(-c4c5ccccc5c(-c5ccc6ccccc6c5)c5ccccc45)c3C2C=C1. The zero-order valence-electron chi connectivity index (χ0n) is 23.6. The fraction of sp³-hybridized carbons (Fsp3) is 0.0476. The van der Waals surface area contributed by atoms with Gasteiger partial charge in [-0.3, -0.25) is 0 Å². The minimum absolute atomic E-state index is 0.00184. The molecule has 0 fully saturated rings. The van der Waals surface area contributed by atoms with Crippen molar-refractivity contribution in [3.63, 3.8) is 0 Å². The predicted octanol–water partition coefficient (Wildman–Crippen LogP) is 11.1. The number of ether oxygens (including phenoxy) is 1. The van der Waals surface area contributed by atoms with Gasteiger partial charge in [0.1, 0.15) is 11.9 Å². The normalized spacial score (nSPS) is 16.8. The summed E-state index contributed by atoms with van der Waals surface area (Å²) in [4.78, 5) is 0. The van der Waals surface area contributed by atoms with Gasteiger partial charge in [0, 0.05) is 17.0 Å². The monoisotopic (exact) mass is 548 g/mol. The van der Waals surface area contributed by atoms with E-state index in [0.717, 1.165) is 11.3 Å². The van der Waals surface area contributed by atoms with Crippen LogP contribution in [-0.4, -0.2) is 6.10 Å². The number of benzene rings is 7. The van der Waals surface area contributed by atoms with Gasteiger partial charge in [-0.1, -0.05) is 146 Å². The van der Waals surface area contributed by atoms with Crippen LogP contribution < -0.4 is 4.74 Å². The molecule has 0 N–H and O–H groups in total. The fourth-order valence-corrected chi connectivity index (χ4v) is 7.29. The second kappa shape index (κ2) is 9.58. The lowest BCUT2D eigenvalue weighted by molar-refractivity contribution is 0.270. The Morgan fingerprint density at radius 1 is 0.442 bits per heavy atom. The number of allylic oxidation sites excluding steroid dienone is 2. The Kier molecular flexibility index (Phi) is 5.39. The zero-order valence-corrected chi connectivity index (χ0v) is 23.6. The summed E-state index contributed by atoms with van der Waals surface area (Å²) >= 11 is 0. The van der Waals surface area contributed by atoms with Gasteiger partial charge in [0.05, 0.1) is 0 Å². The average molecular weight is 549 g/mol. The molecule has 1 heterocycles. The second-order valence-electron chi connectivity index (χ2n) is 11.6. The third-order valence-corrected chi connectivity index (χ3v) is 9.19. The summed E-state index contributed by atoms with van der Waals surface area (Å²) in [5.41, 5.74) is 8.66. The molecule has 7 aromatic carbocycles. The van der Waals surface area contributed by atoms with E-state index >= 15 is 0 Å². The summed E-state index contributed by atoms with van der Waals surface area (Å²) in [6.45, 7) is 0. The number of rotatable bonds is 3. The van der Waals surface area contributed by atoms with Crippen LogP contribution in [0.4, 0.5) is 0 Å². The maximum atomic E-state index is 6.78. The highest BCUT2D eigenvalue weighted by Crippen LogP contribution is 2.53. The van der Waals surface area contributed by atoms with Crippen molar-refractivity contribution in [2.45, 2.75) is 12.0 Å². The Morgan fingerprint density at radius 3 is 1.79 bits per heavy atom. The number of hydrogen-bond donors (Lipinski definition) is 0. The molecule has 0 saturated carbocycles. The minimum Gasteiger partial charge on any atom is -0.484 e. The standard InChI is InChI=1S/C42H28O/c1-2-13-28(14-3-1)31-24-25-37(41-36-20-10-11-21-38(36)43-42(31)41)40-34-18-8-6-16-32(34)39(33-17-7-9-19-35(33)40)30-23-22-27-12-4-5-15-29(27)26-30/h1-26,36,38H. The van der Waals surface area contributed by atoms with E-state index in [2.05, 4.69) is 158 Å². The third-order valence-electron chi connectivity index (χ3n) is 9.19. The molecule has 0 spiro atoms. The fourth-order valence-electron chi connectivity index (χ4n) is 7.29. The molecule has 9 rings (SSSR count). The number of hydrogen-bond acceptors (Lipinski definition) is 1. The Labute approximate surface area is 251 Å². The van der Waals surface area contributed by atoms with Crippen LogP contribution in [0.5, 0.6) is 5.75 Å². The number of fused-ring (bicyclic) bond motifs is 6. The van der Waals surface area contributed by atoms with E-state index in [4.69, 9.17) is 4.74 Å². The van der Waals surface area contributed by atoms with Crippen LogP contribution in [0.1, 0.15) is 11.5 Å². The Bertz CT molecular complexity index is 2210. The first-order valence-electron chi connectivity index (χ1n) is 15.0. The van der Waals surface area contributed by atoms with E-state index in [9.17, 15) is 0 Å². The van der Waals surface area contributed by atoms with Crippen molar-refractivity contribution >= 4 is 32.3 Å². The second-order valence-corrected chi connectivity index (χ2v) is 11.6. The average Bonchev–Trinajstić information content (AvgIpc) is 3.47. The van der Waals surface area contributed by atoms with Crippen LogP contribution in [0.25, 0.3) is 65.7 Å². The first kappa shape index (κ1) is 24.2. The lowest BCUT2D eigenvalue weighted by Crippen LogP contribution is -2.15. The summed E-state index contributed by atoms with van der Waals surface area (Å²) in [6, 6.07) is 48.5. The zero-order chi connectivity index (χ0) is 28.3. The van der Waals surface area contributed by atoms with Gasteiger partial charge in [-0.25, -0.2) is 0 Å². The molecule has 1 aliphatic heterocycles. The van der Waals surface area contributed by atoms with E-state index in [-0.39, 0.29) is 12.0 Å². The van der Waals surface area contributed by atoms with Crippen molar-refractivity contribution in [1.29, 1.82) is 0 Å². The molecule has 7 aromatic rings. The largest absolute Gasteiger partial charge is 0.484 e. The molecule has 202 valence electrons. The Hall–Kier alpha value is -5.40. The molecule has 2 unspecified atom stereocenters. The maximum Gasteiger partial charge on any atom is 0.132 e. The highest BCUT2D eigenvalue weighted by Gasteiger charge is 2.37. The van der Waals surface area contributed by atoms with Gasteiger partial charge in [-0.15, -0.1) is 0 Å². The van der Waals surface area contributed by atoms with Gasteiger partial charge in [-0.2, -0.15) is 0 Å². The molecule has 1 nitrogen and oxygen atoms in total. The first-order valence-corrected chi connectivity index (χ1v) is 15.0. The van der Waals surface area contributed by atoms with E-state index in [1.54, 1.807) is 0 Å². The van der Waals surface area contributed by atoms with Crippen LogP contribution in [0.2, 0.25) is 0 Å². The van der Waals surface area contributed by atoms with Crippen LogP contribution in [-0.2, 0) is 0 Å². The van der Waals surface area contributed by atoms with Crippen molar-refractivity contribution in [3.8, 4) is 39.1 Å². The minimum atomic E-state index is -0.00184. The molecule has 0 saturated heterocycles. The molecule has 0 amide bonds. The highest BCUT2D eigenvalue weighted by molar-refractivity contribution is 6.22. The van der Waals surface area contributed by atoms with Crippen LogP contribution in [0.15, 0.2) is 158 Å². The molecular formula is C42H28O. The molecule has 0 aromatic heterocycles. The lowest BCUT2D eigenvalue weighted by Gasteiger charge is -2.21. The Balaban J connectivity index is 1.38. The maximum absolute atomic E-state index is 6.78. The van der Waals surface area contributed by atoms with E-state index in [1.807, 2.05) is 0 Å². The third kappa shape index (κ3) is 3.72. The molecule has 2 aliphatic rings. The molecule has 43 heavy (non-hydrogen) atoms. The molecule has 1 heteroatoms. The molecule has 0 bridgehead atoms. The lowest BCUT2D eigenvalue weighted by atomic mass is 9.80. The van der Waals surface area contributed by atoms with Crippen LogP contribution in [0.3, 0.4) is 0 Å². The van der Waals surface area contributed by atoms with Gasteiger partial charge in [0.2, 0.25) is 0 Å². The summed E-state index contributed by atoms with van der Waals surface area (Å²) in [5.74, 6) is 1.16. The quantitative estimate of drug-likeness (QED) is 0.200. The van der Waals surface area contributed by atoms with Gasteiger partial charge in [0.15, 0.2) is 0 Å². The van der Waals surface area contributed by atoms with Crippen LogP contribution >= 0.6 is 0 Å². The van der Waals surface area contributed by atoms with Gasteiger partial charge < -0.3 is 4.74 Å². The van der Waals surface area contributed by atoms with E-state index in [0.29, 0.717) is 0 Å². The first-order chi connectivity index (χ1) is 21.3. The summed E-state index contributed by atoms with van der Waals surface area (Å²) in [6.07, 6.45) is 8.78. The van der Waals surface area contributed by atoms with Gasteiger partial charge >= 0.3 is 0 Å². The van der Waals surface area contributed by atoms with Crippen molar-refractivity contribution < 1.29 is 4.74 Å². The molecule has 0 radical (unpaired) electrons. The smallest absolute Gasteiger partial charge is 0.132 e. The summed E-state index contributed by atoms with van der Waals surface area (Å²) < 4.78 is 6.78. The molecule has 2 atom stereocenters. The topological polar surface area (TPSA) is 9.23 Å². The van der Waals surface area contributed by atoms with Crippen molar-refractivity contribution in [1.82, 2.24) is 0 Å². The van der Waals surface area contributed by atoms with Crippen molar-refractivity contribution in [3.05, 3.63) is 163 Å². The van der Waals surface area contributed by atoms with E-state index < -0.39 is 0 Å². The Morgan fingerprint density at radius 2 is 1.05 bits per heavy atom. The molecule has 1 aliphatic carbocycles. The molecular weight excluding hydrogens is 520 g/mol. The van der Waals surface area contributed by atoms with Gasteiger partial charge in [-0.05, 0) is 72.3 Å². The summed E-state index contributed by atoms with van der Waals surface area (Å²) in [7, 11) is 0. The van der Waals surface area contributed by atoms with E-state index in [1.165, 1.54) is 65.7 Å². The summed E-state index contributed by atoms with van der Waals surface area (Å²) in [5, 5.41) is 7.57. The predicted molar refractivity (Wildman–Crippen MR) is 181 cm³/mol. The van der Waals surface area contributed by atoms with Crippen LogP contribution in [0, 0.1) is 0 Å². The van der Waals surface area contributed by atoms with Gasteiger partial charge in [0.25, 0.3) is 0 Å². The highest BCUT2D eigenvalue weighted by atomic mass is 16.5.